The Labute approximate surface area is 112 Å². The van der Waals surface area contributed by atoms with E-state index in [9.17, 15) is 9.59 Å². The number of benzene rings is 1. The van der Waals surface area contributed by atoms with Crippen LogP contribution < -0.4 is 5.32 Å². The van der Waals surface area contributed by atoms with Gasteiger partial charge in [0.15, 0.2) is 0 Å². The predicted octanol–water partition coefficient (Wildman–Crippen LogP) is 2.26. The molecule has 1 amide bonds. The molecule has 96 valence electrons. The van der Waals surface area contributed by atoms with E-state index in [0.29, 0.717) is 23.2 Å². The molecule has 1 saturated heterocycles. The van der Waals surface area contributed by atoms with Gasteiger partial charge in [0.1, 0.15) is 6.10 Å². The summed E-state index contributed by atoms with van der Waals surface area (Å²) in [4.78, 5) is 22.7. The van der Waals surface area contributed by atoms with E-state index in [1.54, 1.807) is 6.07 Å². The lowest BCUT2D eigenvalue weighted by Gasteiger charge is -2.11. The van der Waals surface area contributed by atoms with Gasteiger partial charge in [-0.05, 0) is 31.0 Å². The molecule has 0 aliphatic carbocycles. The van der Waals surface area contributed by atoms with Gasteiger partial charge in [0.2, 0.25) is 0 Å². The Morgan fingerprint density at radius 1 is 1.39 bits per heavy atom. The van der Waals surface area contributed by atoms with Crippen LogP contribution in [0.25, 0.3) is 0 Å². The van der Waals surface area contributed by atoms with Crippen LogP contribution in [-0.4, -0.2) is 29.7 Å². The van der Waals surface area contributed by atoms with Gasteiger partial charge in [-0.25, -0.2) is 4.79 Å². The summed E-state index contributed by atoms with van der Waals surface area (Å²) in [5.41, 5.74) is 0.564. The molecule has 0 saturated carbocycles. The number of carboxylic acid groups (broad SMARTS) is 1. The Bertz CT molecular complexity index is 483. The van der Waals surface area contributed by atoms with Crippen LogP contribution in [0.2, 0.25) is 0 Å². The monoisotopic (exact) mass is 313 g/mol. The van der Waals surface area contributed by atoms with Crippen molar-refractivity contribution < 1.29 is 19.4 Å². The third-order valence-corrected chi connectivity index (χ3v) is 3.09. The van der Waals surface area contributed by atoms with E-state index in [4.69, 9.17) is 9.84 Å². The number of hydrogen-bond acceptors (Lipinski definition) is 3. The third kappa shape index (κ3) is 3.08. The molecule has 1 aromatic rings. The summed E-state index contributed by atoms with van der Waals surface area (Å²) < 4.78 is 5.86. The molecule has 0 bridgehead atoms. The van der Waals surface area contributed by atoms with Crippen molar-refractivity contribution in [1.82, 2.24) is 0 Å². The minimum absolute atomic E-state index is 0.118. The Morgan fingerprint density at radius 3 is 2.78 bits per heavy atom. The molecular formula is C12H12BrNO4. The number of hydrogen-bond donors (Lipinski definition) is 2. The average molecular weight is 314 g/mol. The zero-order valence-corrected chi connectivity index (χ0v) is 11.1. The maximum atomic E-state index is 11.8. The molecule has 1 heterocycles. The highest BCUT2D eigenvalue weighted by Crippen LogP contribution is 2.21. The highest BCUT2D eigenvalue weighted by molar-refractivity contribution is 9.10. The number of halogens is 1. The largest absolute Gasteiger partial charge is 0.478 e. The van der Waals surface area contributed by atoms with Gasteiger partial charge in [-0.15, -0.1) is 0 Å². The van der Waals surface area contributed by atoms with Crippen LogP contribution in [-0.2, 0) is 9.53 Å². The number of nitrogens with one attached hydrogen (secondary N) is 1. The second-order valence-corrected chi connectivity index (χ2v) is 4.94. The quantitative estimate of drug-likeness (QED) is 0.897. The molecule has 1 unspecified atom stereocenters. The second kappa shape index (κ2) is 5.49. The van der Waals surface area contributed by atoms with Gasteiger partial charge in [0.25, 0.3) is 5.91 Å². The zero-order valence-electron chi connectivity index (χ0n) is 9.48. The van der Waals surface area contributed by atoms with Gasteiger partial charge in [-0.3, -0.25) is 4.79 Å². The van der Waals surface area contributed by atoms with Gasteiger partial charge < -0.3 is 15.2 Å². The molecular weight excluding hydrogens is 302 g/mol. The fourth-order valence-electron chi connectivity index (χ4n) is 1.79. The fourth-order valence-corrected chi connectivity index (χ4v) is 2.29. The third-order valence-electron chi connectivity index (χ3n) is 2.63. The molecule has 1 atom stereocenters. The summed E-state index contributed by atoms with van der Waals surface area (Å²) in [6.07, 6.45) is 1.14. The first kappa shape index (κ1) is 13.0. The first-order valence-electron chi connectivity index (χ1n) is 5.52. The summed E-state index contributed by atoms with van der Waals surface area (Å²) in [6.45, 7) is 0.594. The maximum absolute atomic E-state index is 11.8. The lowest BCUT2D eigenvalue weighted by Crippen LogP contribution is -2.26. The van der Waals surface area contributed by atoms with Gasteiger partial charge in [-0.1, -0.05) is 15.9 Å². The summed E-state index contributed by atoms with van der Waals surface area (Å²) in [6, 6.07) is 4.54. The zero-order chi connectivity index (χ0) is 13.1. The smallest absolute Gasteiger partial charge is 0.335 e. The summed E-state index contributed by atoms with van der Waals surface area (Å²) >= 11 is 3.21. The normalized spacial score (nSPS) is 18.6. The van der Waals surface area contributed by atoms with Gasteiger partial charge >= 0.3 is 5.97 Å². The maximum Gasteiger partial charge on any atom is 0.335 e. The van der Waals surface area contributed by atoms with Crippen molar-refractivity contribution in [2.45, 2.75) is 18.9 Å². The Balaban J connectivity index is 2.13. The molecule has 1 fully saturated rings. The van der Waals surface area contributed by atoms with Crippen molar-refractivity contribution in [1.29, 1.82) is 0 Å². The van der Waals surface area contributed by atoms with E-state index in [2.05, 4.69) is 21.2 Å². The van der Waals surface area contributed by atoms with Crippen LogP contribution in [0.1, 0.15) is 23.2 Å². The van der Waals surface area contributed by atoms with Crippen molar-refractivity contribution >= 4 is 33.5 Å². The number of carboxylic acids is 1. The summed E-state index contributed by atoms with van der Waals surface area (Å²) in [5.74, 6) is -1.27. The molecule has 2 rings (SSSR count). The van der Waals surface area contributed by atoms with Crippen molar-refractivity contribution in [3.8, 4) is 0 Å². The molecule has 0 radical (unpaired) electrons. The standard InChI is InChI=1S/C12H12BrNO4/c13-8-4-7(12(16)17)5-9(6-8)14-11(15)10-2-1-3-18-10/h4-6,10H,1-3H2,(H,14,15)(H,16,17). The van der Waals surface area contributed by atoms with E-state index in [1.165, 1.54) is 12.1 Å². The second-order valence-electron chi connectivity index (χ2n) is 4.02. The molecule has 5 nitrogen and oxygen atoms in total. The molecule has 1 aromatic carbocycles. The number of amides is 1. The van der Waals surface area contributed by atoms with Gasteiger partial charge in [0, 0.05) is 16.8 Å². The average Bonchev–Trinajstić information content (AvgIpc) is 2.81. The van der Waals surface area contributed by atoms with Crippen LogP contribution in [0.4, 0.5) is 5.69 Å². The van der Waals surface area contributed by atoms with E-state index >= 15 is 0 Å². The minimum Gasteiger partial charge on any atom is -0.478 e. The Hall–Kier alpha value is -1.40. The molecule has 2 N–H and O–H groups in total. The predicted molar refractivity (Wildman–Crippen MR) is 68.7 cm³/mol. The topological polar surface area (TPSA) is 75.6 Å². The lowest BCUT2D eigenvalue weighted by atomic mass is 10.2. The van der Waals surface area contributed by atoms with E-state index in [1.807, 2.05) is 0 Å². The first-order valence-corrected chi connectivity index (χ1v) is 6.32. The molecule has 1 aliphatic heterocycles. The number of ether oxygens (including phenoxy) is 1. The fraction of sp³-hybridized carbons (Fsp3) is 0.333. The van der Waals surface area contributed by atoms with E-state index < -0.39 is 12.1 Å². The SMILES string of the molecule is O=C(O)c1cc(Br)cc(NC(=O)C2CCCO2)c1. The van der Waals surface area contributed by atoms with Crippen LogP contribution >= 0.6 is 15.9 Å². The molecule has 0 spiro atoms. The molecule has 0 aromatic heterocycles. The van der Waals surface area contributed by atoms with Gasteiger partial charge in [0.05, 0.1) is 5.56 Å². The van der Waals surface area contributed by atoms with Crippen molar-refractivity contribution in [2.24, 2.45) is 0 Å². The Kier molecular flexibility index (Phi) is 3.98. The number of carbonyl (C=O) groups excluding carboxylic acids is 1. The van der Waals surface area contributed by atoms with Crippen molar-refractivity contribution in [2.75, 3.05) is 11.9 Å². The van der Waals surface area contributed by atoms with Crippen LogP contribution in [0.15, 0.2) is 22.7 Å². The minimum atomic E-state index is -1.04. The highest BCUT2D eigenvalue weighted by Gasteiger charge is 2.23. The van der Waals surface area contributed by atoms with E-state index in [-0.39, 0.29) is 11.5 Å². The molecule has 6 heteroatoms. The number of anilines is 1. The van der Waals surface area contributed by atoms with Crippen LogP contribution in [0.5, 0.6) is 0 Å². The summed E-state index contributed by atoms with van der Waals surface area (Å²) in [7, 11) is 0. The van der Waals surface area contributed by atoms with Crippen LogP contribution in [0.3, 0.4) is 0 Å². The Morgan fingerprint density at radius 2 is 2.17 bits per heavy atom. The van der Waals surface area contributed by atoms with Crippen molar-refractivity contribution in [3.05, 3.63) is 28.2 Å². The van der Waals surface area contributed by atoms with Crippen LogP contribution in [0, 0.1) is 0 Å². The number of carbonyl (C=O) groups is 2. The molecule has 18 heavy (non-hydrogen) atoms. The first-order chi connectivity index (χ1) is 8.56. The number of rotatable bonds is 3. The molecule has 1 aliphatic rings. The highest BCUT2D eigenvalue weighted by atomic mass is 79.9. The van der Waals surface area contributed by atoms with Gasteiger partial charge in [-0.2, -0.15) is 0 Å². The summed E-state index contributed by atoms with van der Waals surface area (Å²) in [5, 5.41) is 11.6. The van der Waals surface area contributed by atoms with E-state index in [0.717, 1.165) is 6.42 Å². The number of aromatic carboxylic acids is 1. The van der Waals surface area contributed by atoms with Crippen molar-refractivity contribution in [3.63, 3.8) is 0 Å². The lowest BCUT2D eigenvalue weighted by molar-refractivity contribution is -0.124.